The Bertz CT molecular complexity index is 513. The lowest BCUT2D eigenvalue weighted by molar-refractivity contribution is 0.377. The minimum atomic E-state index is -0.705. The summed E-state index contributed by atoms with van der Waals surface area (Å²) in [5, 5.41) is 15.8. The van der Waals surface area contributed by atoms with Crippen molar-refractivity contribution in [2.75, 3.05) is 13.6 Å². The van der Waals surface area contributed by atoms with E-state index < -0.39 is 11.6 Å². The molecule has 0 saturated carbocycles. The molecule has 5 nitrogen and oxygen atoms in total. The summed E-state index contributed by atoms with van der Waals surface area (Å²) in [6.45, 7) is 0.728. The molecular weight excluding hydrogens is 225 g/mol. The third-order valence-corrected chi connectivity index (χ3v) is 2.26. The van der Waals surface area contributed by atoms with Crippen molar-refractivity contribution >= 4 is 0 Å². The van der Waals surface area contributed by atoms with Crippen LogP contribution < -0.4 is 5.32 Å². The van der Waals surface area contributed by atoms with Crippen LogP contribution in [0.5, 0.6) is 5.75 Å². The summed E-state index contributed by atoms with van der Waals surface area (Å²) in [6, 6.07) is 3.96. The molecule has 90 valence electrons. The van der Waals surface area contributed by atoms with E-state index in [9.17, 15) is 4.39 Å². The topological polar surface area (TPSA) is 71.2 Å². The molecule has 0 unspecified atom stereocenters. The van der Waals surface area contributed by atoms with Crippen LogP contribution in [0.2, 0.25) is 0 Å². The van der Waals surface area contributed by atoms with Gasteiger partial charge in [-0.25, -0.2) is 4.39 Å². The Hall–Kier alpha value is -1.95. The van der Waals surface area contributed by atoms with E-state index in [1.165, 1.54) is 18.2 Å². The van der Waals surface area contributed by atoms with E-state index in [0.717, 1.165) is 6.54 Å². The van der Waals surface area contributed by atoms with E-state index in [1.807, 2.05) is 7.05 Å². The predicted molar refractivity (Wildman–Crippen MR) is 59.0 cm³/mol. The van der Waals surface area contributed by atoms with Gasteiger partial charge in [-0.1, -0.05) is 5.16 Å². The van der Waals surface area contributed by atoms with Crippen LogP contribution in [-0.4, -0.2) is 28.8 Å². The predicted octanol–water partition coefficient (Wildman–Crippen LogP) is 1.34. The molecule has 2 aromatic rings. The number of likely N-dealkylation sites (N-methyl/N-ethyl adjacent to an activating group) is 1. The highest BCUT2D eigenvalue weighted by molar-refractivity contribution is 5.55. The molecule has 2 N–H and O–H groups in total. The number of halogens is 1. The van der Waals surface area contributed by atoms with Crippen molar-refractivity contribution in [1.29, 1.82) is 0 Å². The maximum absolute atomic E-state index is 13.1. The lowest BCUT2D eigenvalue weighted by atomic mass is 10.2. The zero-order chi connectivity index (χ0) is 12.3. The zero-order valence-corrected chi connectivity index (χ0v) is 9.27. The Labute approximate surface area is 97.3 Å². The normalized spacial score (nSPS) is 10.7. The monoisotopic (exact) mass is 237 g/mol. The van der Waals surface area contributed by atoms with Gasteiger partial charge in [-0.2, -0.15) is 4.98 Å². The first-order valence-electron chi connectivity index (χ1n) is 5.17. The van der Waals surface area contributed by atoms with Crippen LogP contribution in [0.1, 0.15) is 5.89 Å². The van der Waals surface area contributed by atoms with E-state index in [1.54, 1.807) is 0 Å². The fourth-order valence-electron chi connectivity index (χ4n) is 1.35. The molecule has 17 heavy (non-hydrogen) atoms. The largest absolute Gasteiger partial charge is 0.505 e. The number of aromatic nitrogens is 2. The Morgan fingerprint density at radius 3 is 3.00 bits per heavy atom. The summed E-state index contributed by atoms with van der Waals surface area (Å²) in [6.07, 6.45) is 0.615. The molecule has 6 heteroatoms. The molecule has 0 bridgehead atoms. The van der Waals surface area contributed by atoms with Crippen molar-refractivity contribution in [3.8, 4) is 17.1 Å². The number of phenols is 1. The van der Waals surface area contributed by atoms with Crippen LogP contribution in [0.4, 0.5) is 4.39 Å². The van der Waals surface area contributed by atoms with Gasteiger partial charge >= 0.3 is 0 Å². The molecule has 0 radical (unpaired) electrons. The second-order valence-corrected chi connectivity index (χ2v) is 3.53. The van der Waals surface area contributed by atoms with Crippen LogP contribution in [-0.2, 0) is 6.42 Å². The van der Waals surface area contributed by atoms with E-state index in [0.29, 0.717) is 23.7 Å². The van der Waals surface area contributed by atoms with E-state index in [2.05, 4.69) is 15.5 Å². The molecular formula is C11H12FN3O2. The van der Waals surface area contributed by atoms with Gasteiger partial charge < -0.3 is 14.9 Å². The molecule has 0 spiro atoms. The smallest absolute Gasteiger partial charge is 0.228 e. The van der Waals surface area contributed by atoms with Crippen LogP contribution in [0.15, 0.2) is 22.7 Å². The van der Waals surface area contributed by atoms with Gasteiger partial charge in [0, 0.05) is 18.5 Å². The Balaban J connectivity index is 2.21. The van der Waals surface area contributed by atoms with Crippen molar-refractivity contribution in [3.63, 3.8) is 0 Å². The van der Waals surface area contributed by atoms with Gasteiger partial charge in [0.1, 0.15) is 0 Å². The number of hydrogen-bond acceptors (Lipinski definition) is 5. The first kappa shape index (κ1) is 11.5. The average molecular weight is 237 g/mol. The summed E-state index contributed by atoms with van der Waals surface area (Å²) in [4.78, 5) is 4.12. The molecule has 0 aliphatic carbocycles. The number of benzene rings is 1. The number of nitrogens with zero attached hydrogens (tertiary/aromatic N) is 2. The lowest BCUT2D eigenvalue weighted by Crippen LogP contribution is -2.10. The van der Waals surface area contributed by atoms with Crippen molar-refractivity contribution in [2.24, 2.45) is 0 Å². The van der Waals surface area contributed by atoms with Gasteiger partial charge in [0.2, 0.25) is 11.7 Å². The minimum Gasteiger partial charge on any atom is -0.505 e. The van der Waals surface area contributed by atoms with Crippen molar-refractivity contribution in [2.45, 2.75) is 6.42 Å². The molecule has 1 heterocycles. The molecule has 0 fully saturated rings. The van der Waals surface area contributed by atoms with E-state index >= 15 is 0 Å². The van der Waals surface area contributed by atoms with Crippen LogP contribution in [0, 0.1) is 5.82 Å². The number of hydrogen-bond donors (Lipinski definition) is 2. The SMILES string of the molecule is CNCCc1nc(-c2ccc(O)c(F)c2)no1. The summed E-state index contributed by atoms with van der Waals surface area (Å²) in [7, 11) is 1.83. The van der Waals surface area contributed by atoms with Gasteiger partial charge in [0.15, 0.2) is 11.6 Å². The third kappa shape index (κ3) is 2.59. The Morgan fingerprint density at radius 1 is 1.47 bits per heavy atom. The maximum atomic E-state index is 13.1. The van der Waals surface area contributed by atoms with Gasteiger partial charge in [-0.3, -0.25) is 0 Å². The number of aromatic hydroxyl groups is 1. The highest BCUT2D eigenvalue weighted by Crippen LogP contribution is 2.22. The second-order valence-electron chi connectivity index (χ2n) is 3.53. The summed E-state index contributed by atoms with van der Waals surface area (Å²) in [5.41, 5.74) is 0.472. The van der Waals surface area contributed by atoms with Gasteiger partial charge in [0.05, 0.1) is 0 Å². The first-order chi connectivity index (χ1) is 8.20. The fraction of sp³-hybridized carbons (Fsp3) is 0.273. The highest BCUT2D eigenvalue weighted by atomic mass is 19.1. The molecule has 0 aliphatic rings. The first-order valence-corrected chi connectivity index (χ1v) is 5.17. The average Bonchev–Trinajstić information content (AvgIpc) is 2.79. The van der Waals surface area contributed by atoms with Gasteiger partial charge in [-0.15, -0.1) is 0 Å². The number of phenolic OH excluding ortho intramolecular Hbond substituents is 1. The van der Waals surface area contributed by atoms with Crippen molar-refractivity contribution < 1.29 is 14.0 Å². The van der Waals surface area contributed by atoms with E-state index in [4.69, 9.17) is 9.63 Å². The number of nitrogens with one attached hydrogen (secondary N) is 1. The highest BCUT2D eigenvalue weighted by Gasteiger charge is 2.10. The lowest BCUT2D eigenvalue weighted by Gasteiger charge is -1.96. The third-order valence-electron chi connectivity index (χ3n) is 2.26. The van der Waals surface area contributed by atoms with Crippen molar-refractivity contribution in [1.82, 2.24) is 15.5 Å². The van der Waals surface area contributed by atoms with Crippen LogP contribution in [0.3, 0.4) is 0 Å². The van der Waals surface area contributed by atoms with Crippen LogP contribution in [0.25, 0.3) is 11.4 Å². The molecule has 2 rings (SSSR count). The maximum Gasteiger partial charge on any atom is 0.228 e. The molecule has 0 atom stereocenters. The standard InChI is InChI=1S/C11H12FN3O2/c1-13-5-4-10-14-11(15-17-10)7-2-3-9(16)8(12)6-7/h2-3,6,13,16H,4-5H2,1H3. The van der Waals surface area contributed by atoms with Crippen molar-refractivity contribution in [3.05, 3.63) is 29.9 Å². The number of rotatable bonds is 4. The second kappa shape index (κ2) is 4.92. The fourth-order valence-corrected chi connectivity index (χ4v) is 1.35. The molecule has 0 saturated heterocycles. The molecule has 1 aromatic heterocycles. The molecule has 0 amide bonds. The summed E-state index contributed by atoms with van der Waals surface area (Å²) in [5.74, 6) is -0.297. The molecule has 1 aromatic carbocycles. The summed E-state index contributed by atoms with van der Waals surface area (Å²) >= 11 is 0. The van der Waals surface area contributed by atoms with Crippen LogP contribution >= 0.6 is 0 Å². The minimum absolute atomic E-state index is 0.315. The van der Waals surface area contributed by atoms with Gasteiger partial charge in [0.25, 0.3) is 0 Å². The Morgan fingerprint density at radius 2 is 2.29 bits per heavy atom. The molecule has 0 aliphatic heterocycles. The summed E-state index contributed by atoms with van der Waals surface area (Å²) < 4.78 is 18.1. The zero-order valence-electron chi connectivity index (χ0n) is 9.27. The van der Waals surface area contributed by atoms with Gasteiger partial charge in [-0.05, 0) is 25.2 Å². The Kier molecular flexibility index (Phi) is 3.34. The quantitative estimate of drug-likeness (QED) is 0.839. The van der Waals surface area contributed by atoms with E-state index in [-0.39, 0.29) is 0 Å².